The second-order valence-electron chi connectivity index (χ2n) is 8.22. The fraction of sp³-hybridized carbons (Fsp3) is 0.200. The maximum absolute atomic E-state index is 14.4. The van der Waals surface area contributed by atoms with Crippen molar-refractivity contribution in [3.63, 3.8) is 0 Å². The van der Waals surface area contributed by atoms with Crippen molar-refractivity contribution < 1.29 is 13.9 Å². The van der Waals surface area contributed by atoms with Crippen molar-refractivity contribution in [3.05, 3.63) is 88.5 Å². The van der Waals surface area contributed by atoms with Crippen LogP contribution in [0.3, 0.4) is 0 Å². The number of carbonyl (C=O) groups excluding carboxylic acids is 1. The second kappa shape index (κ2) is 9.08. The highest BCUT2D eigenvalue weighted by Crippen LogP contribution is 2.37. The molecular formula is C25H23BrFN5O2. The van der Waals surface area contributed by atoms with E-state index in [1.807, 2.05) is 48.9 Å². The van der Waals surface area contributed by atoms with Crippen LogP contribution in [0.15, 0.2) is 71.6 Å². The van der Waals surface area contributed by atoms with Crippen molar-refractivity contribution in [1.82, 2.24) is 19.7 Å². The molecule has 7 nitrogen and oxygen atoms in total. The highest BCUT2D eigenvalue weighted by molar-refractivity contribution is 9.10. The number of rotatable bonds is 6. The van der Waals surface area contributed by atoms with E-state index >= 15 is 0 Å². The molecule has 0 unspecified atom stereocenters. The first-order chi connectivity index (χ1) is 16.4. The van der Waals surface area contributed by atoms with Crippen molar-refractivity contribution >= 4 is 27.5 Å². The number of benzene rings is 2. The number of H-pyrrole nitrogens is 1. The van der Waals surface area contributed by atoms with Gasteiger partial charge in [-0.3, -0.25) is 4.79 Å². The van der Waals surface area contributed by atoms with E-state index in [1.165, 1.54) is 6.07 Å². The zero-order chi connectivity index (χ0) is 23.8. The molecule has 0 radical (unpaired) electrons. The molecular weight excluding hydrogens is 501 g/mol. The highest BCUT2D eigenvalue weighted by atomic mass is 79.9. The molecule has 3 N–H and O–H groups in total. The average molecular weight is 524 g/mol. The Kier molecular flexibility index (Phi) is 5.97. The Hall–Kier alpha value is -3.43. The number of hydrogen-bond donors (Lipinski definition) is 2. The number of nitrogen functional groups attached to an aromatic ring is 1. The molecule has 1 amide bonds. The maximum atomic E-state index is 14.4. The molecule has 9 heteroatoms. The number of aromatic amines is 1. The summed E-state index contributed by atoms with van der Waals surface area (Å²) in [5.41, 5.74) is 9.75. The third-order valence-electron chi connectivity index (χ3n) is 5.92. The predicted octanol–water partition coefficient (Wildman–Crippen LogP) is 4.84. The van der Waals surface area contributed by atoms with Crippen molar-refractivity contribution in [2.45, 2.75) is 25.7 Å². The summed E-state index contributed by atoms with van der Waals surface area (Å²) in [6.45, 7) is 2.03. The second-order valence-corrected chi connectivity index (χ2v) is 9.13. The van der Waals surface area contributed by atoms with E-state index in [2.05, 4.69) is 20.9 Å². The van der Waals surface area contributed by atoms with Crippen LogP contribution in [0.5, 0.6) is 0 Å². The molecule has 2 atom stereocenters. The van der Waals surface area contributed by atoms with Crippen LogP contribution in [0.25, 0.3) is 16.9 Å². The van der Waals surface area contributed by atoms with E-state index in [-0.39, 0.29) is 11.7 Å². The molecule has 1 aliphatic rings. The summed E-state index contributed by atoms with van der Waals surface area (Å²) in [4.78, 5) is 17.7. The zero-order valence-electron chi connectivity index (χ0n) is 18.4. The molecule has 1 aliphatic heterocycles. The summed E-state index contributed by atoms with van der Waals surface area (Å²) in [5.74, 6) is -0.523. The smallest absolute Gasteiger partial charge is 0.253 e. The van der Waals surface area contributed by atoms with E-state index in [9.17, 15) is 9.18 Å². The van der Waals surface area contributed by atoms with Gasteiger partial charge in [0.1, 0.15) is 17.6 Å². The van der Waals surface area contributed by atoms with E-state index in [4.69, 9.17) is 15.6 Å². The molecule has 0 saturated carbocycles. The summed E-state index contributed by atoms with van der Waals surface area (Å²) in [6.07, 6.45) is 4.64. The van der Waals surface area contributed by atoms with E-state index in [1.54, 1.807) is 28.6 Å². The van der Waals surface area contributed by atoms with Gasteiger partial charge in [-0.1, -0.05) is 22.0 Å². The highest BCUT2D eigenvalue weighted by Gasteiger charge is 2.40. The minimum absolute atomic E-state index is 0.141. The molecule has 5 rings (SSSR count). The molecule has 1 fully saturated rings. The van der Waals surface area contributed by atoms with Gasteiger partial charge in [0, 0.05) is 46.4 Å². The van der Waals surface area contributed by atoms with Crippen LogP contribution in [0.1, 0.15) is 24.3 Å². The Morgan fingerprint density at radius 1 is 1.21 bits per heavy atom. The number of anilines is 1. The van der Waals surface area contributed by atoms with Gasteiger partial charge >= 0.3 is 0 Å². The Labute approximate surface area is 204 Å². The molecule has 34 heavy (non-hydrogen) atoms. The third-order valence-corrected chi connectivity index (χ3v) is 6.45. The number of amides is 1. The van der Waals surface area contributed by atoms with Crippen molar-refractivity contribution in [3.8, 4) is 16.9 Å². The SMILES string of the molecule is C[C@H]1O[C@H](c2cn(-c3ccc(Br)cc3)nc2-c2cc[nH]c2)N(CCc2ccc(N)cc2F)C1=O. The molecule has 1 saturated heterocycles. The Bertz CT molecular complexity index is 1320. The lowest BCUT2D eigenvalue weighted by Crippen LogP contribution is -2.32. The lowest BCUT2D eigenvalue weighted by atomic mass is 10.1. The Morgan fingerprint density at radius 2 is 2.00 bits per heavy atom. The number of ether oxygens (including phenoxy) is 1. The molecule has 2 aromatic carbocycles. The van der Waals surface area contributed by atoms with Crippen LogP contribution in [-0.4, -0.2) is 38.2 Å². The quantitative estimate of drug-likeness (QED) is 0.354. The molecule has 0 bridgehead atoms. The van der Waals surface area contributed by atoms with Gasteiger partial charge in [-0.2, -0.15) is 5.10 Å². The minimum Gasteiger partial charge on any atom is -0.399 e. The summed E-state index contributed by atoms with van der Waals surface area (Å²) in [5, 5.41) is 4.81. The Morgan fingerprint density at radius 3 is 2.71 bits per heavy atom. The molecule has 4 aromatic rings. The fourth-order valence-electron chi connectivity index (χ4n) is 4.14. The van der Waals surface area contributed by atoms with E-state index < -0.39 is 12.3 Å². The van der Waals surface area contributed by atoms with E-state index in [0.29, 0.717) is 29.9 Å². The molecule has 0 aliphatic carbocycles. The molecule has 0 spiro atoms. The van der Waals surface area contributed by atoms with Gasteiger partial charge in [0.15, 0.2) is 6.23 Å². The lowest BCUT2D eigenvalue weighted by molar-refractivity contribution is -0.130. The number of carbonyl (C=O) groups is 1. The summed E-state index contributed by atoms with van der Waals surface area (Å²) in [7, 11) is 0. The predicted molar refractivity (Wildman–Crippen MR) is 131 cm³/mol. The maximum Gasteiger partial charge on any atom is 0.253 e. The van der Waals surface area contributed by atoms with Crippen LogP contribution < -0.4 is 5.73 Å². The van der Waals surface area contributed by atoms with Gasteiger partial charge in [-0.15, -0.1) is 0 Å². The first kappa shape index (κ1) is 22.4. The van der Waals surface area contributed by atoms with Gasteiger partial charge in [0.25, 0.3) is 5.91 Å². The topological polar surface area (TPSA) is 89.2 Å². The van der Waals surface area contributed by atoms with Crippen molar-refractivity contribution in [2.75, 3.05) is 12.3 Å². The van der Waals surface area contributed by atoms with Crippen LogP contribution in [-0.2, 0) is 16.0 Å². The monoisotopic (exact) mass is 523 g/mol. The van der Waals surface area contributed by atoms with Gasteiger partial charge < -0.3 is 20.4 Å². The number of hydrogen-bond acceptors (Lipinski definition) is 4. The standard InChI is InChI=1S/C25H23BrFN5O2/c1-15-24(33)31(11-9-16-2-5-19(28)12-22(16)27)25(34-15)21-14-32(20-6-3-18(26)4-7-20)30-23(21)17-8-10-29-13-17/h2-8,10,12-15,25,29H,9,11,28H2,1H3/t15-,25-/m1/s1. The first-order valence-corrected chi connectivity index (χ1v) is 11.7. The third kappa shape index (κ3) is 4.24. The summed E-state index contributed by atoms with van der Waals surface area (Å²) in [6, 6.07) is 14.3. The molecule has 2 aromatic heterocycles. The molecule has 174 valence electrons. The van der Waals surface area contributed by atoms with Gasteiger partial charge in [0.2, 0.25) is 0 Å². The van der Waals surface area contributed by atoms with Gasteiger partial charge in [-0.25, -0.2) is 9.07 Å². The zero-order valence-corrected chi connectivity index (χ0v) is 20.0. The molecule has 3 heterocycles. The largest absolute Gasteiger partial charge is 0.399 e. The van der Waals surface area contributed by atoms with Crippen LogP contribution >= 0.6 is 15.9 Å². The summed E-state index contributed by atoms with van der Waals surface area (Å²) < 4.78 is 23.2. The fourth-order valence-corrected chi connectivity index (χ4v) is 4.40. The number of nitrogens with two attached hydrogens (primary N) is 1. The van der Waals surface area contributed by atoms with Gasteiger partial charge in [0.05, 0.1) is 5.69 Å². The minimum atomic E-state index is -0.645. The van der Waals surface area contributed by atoms with Crippen LogP contribution in [0.4, 0.5) is 10.1 Å². The number of aromatic nitrogens is 3. The Balaban J connectivity index is 1.51. The van der Waals surface area contributed by atoms with Crippen molar-refractivity contribution in [2.24, 2.45) is 0 Å². The van der Waals surface area contributed by atoms with Crippen molar-refractivity contribution in [1.29, 1.82) is 0 Å². The summed E-state index contributed by atoms with van der Waals surface area (Å²) >= 11 is 3.46. The number of nitrogens with zero attached hydrogens (tertiary/aromatic N) is 3. The van der Waals surface area contributed by atoms with Gasteiger partial charge in [-0.05, 0) is 61.4 Å². The number of nitrogens with one attached hydrogen (secondary N) is 1. The normalized spacial score (nSPS) is 18.1. The first-order valence-electron chi connectivity index (χ1n) is 10.9. The number of halogens is 2. The average Bonchev–Trinajstić information content (AvgIpc) is 3.54. The van der Waals surface area contributed by atoms with E-state index in [0.717, 1.165) is 21.3 Å². The van der Waals surface area contributed by atoms with Crippen LogP contribution in [0.2, 0.25) is 0 Å². The van der Waals surface area contributed by atoms with Crippen LogP contribution in [0, 0.1) is 5.82 Å². The lowest BCUT2D eigenvalue weighted by Gasteiger charge is -2.23.